The number of hydrogen-bond donors (Lipinski definition) is 1. The van der Waals surface area contributed by atoms with Gasteiger partial charge in [-0.3, -0.25) is 0 Å². The van der Waals surface area contributed by atoms with E-state index in [-0.39, 0.29) is 18.9 Å². The Morgan fingerprint density at radius 3 is 2.86 bits per heavy atom. The molecule has 0 atom stereocenters. The molecule has 1 aromatic carbocycles. The Hall–Kier alpha value is -2.97. The highest BCUT2D eigenvalue weighted by Crippen LogP contribution is 2.33. The number of methoxy groups -OCH3 is 1. The normalized spacial score (nSPS) is 11.2. The lowest BCUT2D eigenvalue weighted by Crippen LogP contribution is -2.11. The fraction of sp³-hybridized carbons (Fsp3) is 0.250. The van der Waals surface area contributed by atoms with Gasteiger partial charge in [-0.2, -0.15) is 0 Å². The third kappa shape index (κ3) is 3.44. The van der Waals surface area contributed by atoms with Crippen molar-refractivity contribution >= 4 is 39.1 Å². The molecule has 3 heterocycles. The highest BCUT2D eigenvalue weighted by molar-refractivity contribution is 7.09. The molecule has 0 saturated carbocycles. The number of aromatic amines is 1. The number of H-pyrrole nitrogens is 1. The van der Waals surface area contributed by atoms with E-state index in [2.05, 4.69) is 15.0 Å². The first-order valence-electron chi connectivity index (χ1n) is 8.81. The van der Waals surface area contributed by atoms with Gasteiger partial charge in [0.2, 0.25) is 0 Å². The molecule has 4 aromatic rings. The second-order valence-corrected chi connectivity index (χ2v) is 7.05. The van der Waals surface area contributed by atoms with Crippen LogP contribution in [0.2, 0.25) is 0 Å². The van der Waals surface area contributed by atoms with E-state index in [0.717, 1.165) is 32.6 Å². The maximum absolute atomic E-state index is 12.4. The number of aromatic nitrogens is 3. The highest BCUT2D eigenvalue weighted by Gasteiger charge is 2.20. The number of rotatable bonds is 7. The minimum Gasteiger partial charge on any atom is -0.486 e. The number of carbonyl (C=O) groups is 1. The Morgan fingerprint density at radius 2 is 2.11 bits per heavy atom. The minimum absolute atomic E-state index is 0.246. The molecular formula is C20H19N3O4S. The van der Waals surface area contributed by atoms with E-state index in [0.29, 0.717) is 12.2 Å². The molecule has 0 aliphatic heterocycles. The number of carbonyl (C=O) groups excluding carboxylic acids is 1. The third-order valence-corrected chi connectivity index (χ3v) is 5.07. The van der Waals surface area contributed by atoms with Crippen LogP contribution in [0, 0.1) is 0 Å². The summed E-state index contributed by atoms with van der Waals surface area (Å²) in [5, 5.41) is 4.65. The molecule has 0 fully saturated rings. The van der Waals surface area contributed by atoms with E-state index in [1.165, 1.54) is 0 Å². The van der Waals surface area contributed by atoms with Gasteiger partial charge >= 0.3 is 5.97 Å². The summed E-state index contributed by atoms with van der Waals surface area (Å²) < 4.78 is 16.4. The maximum atomic E-state index is 12.4. The lowest BCUT2D eigenvalue weighted by molar-refractivity contribution is 0.0514. The highest BCUT2D eigenvalue weighted by atomic mass is 32.1. The van der Waals surface area contributed by atoms with E-state index < -0.39 is 5.97 Å². The molecule has 8 heteroatoms. The van der Waals surface area contributed by atoms with Gasteiger partial charge in [0.1, 0.15) is 17.4 Å². The summed E-state index contributed by atoms with van der Waals surface area (Å²) in [5.41, 5.74) is 2.72. The van der Waals surface area contributed by atoms with Crippen molar-refractivity contribution in [2.45, 2.75) is 20.1 Å². The van der Waals surface area contributed by atoms with E-state index in [1.54, 1.807) is 37.8 Å². The summed E-state index contributed by atoms with van der Waals surface area (Å²) in [6.07, 6.45) is 3.41. The number of fused-ring (bicyclic) bond motifs is 3. The number of nitrogens with one attached hydrogen (secondary N) is 1. The number of esters is 1. The smallest absolute Gasteiger partial charge is 0.357 e. The van der Waals surface area contributed by atoms with E-state index in [1.807, 2.05) is 23.6 Å². The van der Waals surface area contributed by atoms with Crippen LogP contribution in [0.5, 0.6) is 5.75 Å². The van der Waals surface area contributed by atoms with Gasteiger partial charge in [0.15, 0.2) is 5.69 Å². The molecule has 7 nitrogen and oxygen atoms in total. The molecule has 0 aliphatic rings. The van der Waals surface area contributed by atoms with E-state index in [9.17, 15) is 4.79 Å². The Kier molecular flexibility index (Phi) is 5.23. The molecule has 4 rings (SSSR count). The second-order valence-electron chi connectivity index (χ2n) is 6.07. The standard InChI is InChI=1S/C20H19N3O4S/c1-3-26-20(24)19-14(10-25-2)18-13-8-12(27-11-17-21-6-7-28-17)4-5-15(13)23-16(18)9-22-19/h4-9,23H,3,10-11H2,1-2H3. The zero-order valence-electron chi connectivity index (χ0n) is 15.5. The van der Waals surface area contributed by atoms with Gasteiger partial charge in [-0.15, -0.1) is 11.3 Å². The van der Waals surface area contributed by atoms with Gasteiger partial charge in [-0.1, -0.05) is 0 Å². The SMILES string of the molecule is CCOC(=O)c1ncc2[nH]c3ccc(OCc4nccs4)cc3c2c1COC. The van der Waals surface area contributed by atoms with Crippen molar-refractivity contribution in [3.05, 3.63) is 52.2 Å². The van der Waals surface area contributed by atoms with Crippen LogP contribution in [0.4, 0.5) is 0 Å². The van der Waals surface area contributed by atoms with Gasteiger partial charge in [0.25, 0.3) is 0 Å². The summed E-state index contributed by atoms with van der Waals surface area (Å²) >= 11 is 1.55. The Bertz CT molecular complexity index is 1120. The monoisotopic (exact) mass is 397 g/mol. The number of ether oxygens (including phenoxy) is 3. The lowest BCUT2D eigenvalue weighted by Gasteiger charge is -2.09. The fourth-order valence-corrected chi connectivity index (χ4v) is 3.69. The minimum atomic E-state index is -0.457. The van der Waals surface area contributed by atoms with Gasteiger partial charge in [-0.25, -0.2) is 14.8 Å². The van der Waals surface area contributed by atoms with Crippen molar-refractivity contribution in [2.75, 3.05) is 13.7 Å². The molecule has 28 heavy (non-hydrogen) atoms. The van der Waals surface area contributed by atoms with Gasteiger partial charge in [-0.05, 0) is 25.1 Å². The van der Waals surface area contributed by atoms with Gasteiger partial charge in [0.05, 0.1) is 24.9 Å². The lowest BCUT2D eigenvalue weighted by atomic mass is 10.1. The number of pyridine rings is 1. The predicted octanol–water partition coefficient (Wildman–Crippen LogP) is 4.07. The fourth-order valence-electron chi connectivity index (χ4n) is 3.16. The van der Waals surface area contributed by atoms with Crippen LogP contribution in [0.1, 0.15) is 28.0 Å². The molecule has 0 aliphatic carbocycles. The number of hydrogen-bond acceptors (Lipinski definition) is 7. The van der Waals surface area contributed by atoms with E-state index in [4.69, 9.17) is 14.2 Å². The van der Waals surface area contributed by atoms with E-state index >= 15 is 0 Å². The Morgan fingerprint density at radius 1 is 1.21 bits per heavy atom. The average molecular weight is 397 g/mol. The maximum Gasteiger partial charge on any atom is 0.357 e. The largest absolute Gasteiger partial charge is 0.486 e. The predicted molar refractivity (Wildman–Crippen MR) is 107 cm³/mol. The number of nitrogens with zero attached hydrogens (tertiary/aromatic N) is 2. The van der Waals surface area contributed by atoms with Crippen molar-refractivity contribution < 1.29 is 19.0 Å². The molecule has 3 aromatic heterocycles. The topological polar surface area (TPSA) is 86.3 Å². The summed E-state index contributed by atoms with van der Waals surface area (Å²) in [5.74, 6) is 0.267. The van der Waals surface area contributed by atoms with Crippen LogP contribution in [0.25, 0.3) is 21.8 Å². The number of benzene rings is 1. The average Bonchev–Trinajstić information content (AvgIpc) is 3.34. The molecule has 0 bridgehead atoms. The van der Waals surface area contributed by atoms with Crippen LogP contribution in [0.15, 0.2) is 36.0 Å². The quantitative estimate of drug-likeness (QED) is 0.473. The molecule has 0 unspecified atom stereocenters. The first-order chi connectivity index (χ1) is 13.7. The summed E-state index contributed by atoms with van der Waals surface area (Å²) in [6, 6.07) is 5.81. The third-order valence-electron chi connectivity index (χ3n) is 4.31. The van der Waals surface area contributed by atoms with Crippen LogP contribution in [0.3, 0.4) is 0 Å². The zero-order valence-corrected chi connectivity index (χ0v) is 16.3. The van der Waals surface area contributed by atoms with Crippen molar-refractivity contribution in [3.8, 4) is 5.75 Å². The number of thiazole rings is 1. The summed E-state index contributed by atoms with van der Waals surface area (Å²) in [4.78, 5) is 24.2. The summed E-state index contributed by atoms with van der Waals surface area (Å²) in [7, 11) is 1.59. The Labute approximate surface area is 165 Å². The van der Waals surface area contributed by atoms with Crippen LogP contribution in [-0.2, 0) is 22.7 Å². The summed E-state index contributed by atoms with van der Waals surface area (Å²) in [6.45, 7) is 2.71. The van der Waals surface area contributed by atoms with Crippen molar-refractivity contribution in [3.63, 3.8) is 0 Å². The first kappa shape index (κ1) is 18.4. The molecule has 0 spiro atoms. The van der Waals surface area contributed by atoms with Crippen LogP contribution >= 0.6 is 11.3 Å². The Balaban J connectivity index is 1.80. The molecule has 0 amide bonds. The van der Waals surface area contributed by atoms with Gasteiger partial charge in [0, 0.05) is 40.5 Å². The molecule has 144 valence electrons. The van der Waals surface area contributed by atoms with Crippen molar-refractivity contribution in [1.82, 2.24) is 15.0 Å². The van der Waals surface area contributed by atoms with Crippen LogP contribution < -0.4 is 4.74 Å². The molecule has 0 saturated heterocycles. The van der Waals surface area contributed by atoms with Crippen molar-refractivity contribution in [1.29, 1.82) is 0 Å². The second kappa shape index (κ2) is 7.95. The first-order valence-corrected chi connectivity index (χ1v) is 9.69. The van der Waals surface area contributed by atoms with Crippen LogP contribution in [-0.4, -0.2) is 34.6 Å². The van der Waals surface area contributed by atoms with Crippen molar-refractivity contribution in [2.24, 2.45) is 0 Å². The zero-order chi connectivity index (χ0) is 19.5. The molecule has 1 N–H and O–H groups in total. The molecular weight excluding hydrogens is 378 g/mol. The van der Waals surface area contributed by atoms with Gasteiger partial charge < -0.3 is 19.2 Å². The molecule has 0 radical (unpaired) electrons.